The van der Waals surface area contributed by atoms with Gasteiger partial charge < -0.3 is 9.64 Å². The minimum atomic E-state index is 0.318. The zero-order valence-corrected chi connectivity index (χ0v) is 12.5. The molecule has 1 aliphatic heterocycles. The highest BCUT2D eigenvalue weighted by Gasteiger charge is 2.23. The number of hydrogen-bond donors (Lipinski definition) is 0. The Hall–Kier alpha value is -0.0900. The Morgan fingerprint density at radius 3 is 2.65 bits per heavy atom. The van der Waals surface area contributed by atoms with Crippen molar-refractivity contribution in [1.29, 1.82) is 0 Å². The fraction of sp³-hybridized carbons (Fsp3) is 0.923. The van der Waals surface area contributed by atoms with E-state index >= 15 is 0 Å². The van der Waals surface area contributed by atoms with E-state index in [0.29, 0.717) is 24.3 Å². The summed E-state index contributed by atoms with van der Waals surface area (Å²) < 4.78 is 5.68. The van der Waals surface area contributed by atoms with Gasteiger partial charge in [0.1, 0.15) is 0 Å². The standard InChI is InChI=1S/C13H24BrNO2/c1-3-11(2)10-13(16)15-7-4-12(5-8-15)17-9-6-14/h11-12H,3-10H2,1-2H3. The van der Waals surface area contributed by atoms with Gasteiger partial charge in [0, 0.05) is 24.8 Å². The van der Waals surface area contributed by atoms with Crippen molar-refractivity contribution in [3.05, 3.63) is 0 Å². The molecule has 1 heterocycles. The largest absolute Gasteiger partial charge is 0.377 e. The van der Waals surface area contributed by atoms with Crippen LogP contribution in [0.1, 0.15) is 39.5 Å². The average Bonchev–Trinajstić information content (AvgIpc) is 2.36. The predicted octanol–water partition coefficient (Wildman–Crippen LogP) is 2.83. The van der Waals surface area contributed by atoms with Crippen molar-refractivity contribution in [2.24, 2.45) is 5.92 Å². The summed E-state index contributed by atoms with van der Waals surface area (Å²) in [6.07, 6.45) is 4.10. The van der Waals surface area contributed by atoms with Crippen LogP contribution in [0.2, 0.25) is 0 Å². The number of alkyl halides is 1. The van der Waals surface area contributed by atoms with Crippen LogP contribution in [0, 0.1) is 5.92 Å². The number of piperidine rings is 1. The summed E-state index contributed by atoms with van der Waals surface area (Å²) in [5.41, 5.74) is 0. The van der Waals surface area contributed by atoms with Crippen LogP contribution >= 0.6 is 15.9 Å². The first-order chi connectivity index (χ1) is 8.17. The molecule has 0 aromatic carbocycles. The number of ether oxygens (including phenoxy) is 1. The molecule has 0 spiro atoms. The van der Waals surface area contributed by atoms with Gasteiger partial charge in [-0.15, -0.1) is 0 Å². The van der Waals surface area contributed by atoms with Crippen LogP contribution in [0.5, 0.6) is 0 Å². The van der Waals surface area contributed by atoms with Gasteiger partial charge in [-0.05, 0) is 18.8 Å². The van der Waals surface area contributed by atoms with Crippen molar-refractivity contribution in [3.8, 4) is 0 Å². The number of carbonyl (C=O) groups excluding carboxylic acids is 1. The minimum Gasteiger partial charge on any atom is -0.377 e. The predicted molar refractivity (Wildman–Crippen MR) is 73.4 cm³/mol. The lowest BCUT2D eigenvalue weighted by Gasteiger charge is -2.32. The summed E-state index contributed by atoms with van der Waals surface area (Å²) in [5, 5.41) is 0.889. The molecule has 1 aliphatic rings. The molecule has 1 rings (SSSR count). The highest BCUT2D eigenvalue weighted by molar-refractivity contribution is 9.09. The molecule has 3 nitrogen and oxygen atoms in total. The number of likely N-dealkylation sites (tertiary alicyclic amines) is 1. The average molecular weight is 306 g/mol. The highest BCUT2D eigenvalue weighted by atomic mass is 79.9. The molecule has 0 N–H and O–H groups in total. The molecule has 1 amide bonds. The van der Waals surface area contributed by atoms with Gasteiger partial charge in [0.05, 0.1) is 12.7 Å². The lowest BCUT2D eigenvalue weighted by atomic mass is 10.0. The van der Waals surface area contributed by atoms with E-state index in [1.807, 2.05) is 4.90 Å². The van der Waals surface area contributed by atoms with Crippen molar-refractivity contribution in [2.45, 2.75) is 45.6 Å². The molecular formula is C13H24BrNO2. The molecule has 1 fully saturated rings. The first-order valence-corrected chi connectivity index (χ1v) is 7.74. The fourth-order valence-corrected chi connectivity index (χ4v) is 2.24. The second-order valence-corrected chi connectivity index (χ2v) is 5.65. The highest BCUT2D eigenvalue weighted by Crippen LogP contribution is 2.17. The Bertz CT molecular complexity index is 227. The first kappa shape index (κ1) is 15.0. The van der Waals surface area contributed by atoms with Crippen LogP contribution in [0.15, 0.2) is 0 Å². The molecule has 1 atom stereocenters. The quantitative estimate of drug-likeness (QED) is 0.706. The van der Waals surface area contributed by atoms with E-state index in [0.717, 1.165) is 44.3 Å². The Labute approximate surface area is 113 Å². The summed E-state index contributed by atoms with van der Waals surface area (Å²) in [5.74, 6) is 0.822. The summed E-state index contributed by atoms with van der Waals surface area (Å²) >= 11 is 3.36. The van der Waals surface area contributed by atoms with Crippen LogP contribution in [0.25, 0.3) is 0 Å². The summed E-state index contributed by atoms with van der Waals surface area (Å²) in [4.78, 5) is 14.0. The Balaban J connectivity index is 2.24. The zero-order chi connectivity index (χ0) is 12.7. The number of amides is 1. The molecule has 0 bridgehead atoms. The second-order valence-electron chi connectivity index (χ2n) is 4.86. The summed E-state index contributed by atoms with van der Waals surface area (Å²) in [6, 6.07) is 0. The van der Waals surface area contributed by atoms with Crippen LogP contribution in [-0.2, 0) is 9.53 Å². The molecule has 0 radical (unpaired) electrons. The molecule has 0 saturated carbocycles. The van der Waals surface area contributed by atoms with Gasteiger partial charge in [-0.25, -0.2) is 0 Å². The summed E-state index contributed by atoms with van der Waals surface area (Å²) in [6.45, 7) is 6.78. The van der Waals surface area contributed by atoms with Gasteiger partial charge in [0.15, 0.2) is 0 Å². The monoisotopic (exact) mass is 305 g/mol. The topological polar surface area (TPSA) is 29.5 Å². The number of hydrogen-bond acceptors (Lipinski definition) is 2. The fourth-order valence-electron chi connectivity index (χ4n) is 2.05. The van der Waals surface area contributed by atoms with Gasteiger partial charge in [-0.3, -0.25) is 4.79 Å². The molecule has 0 aliphatic carbocycles. The van der Waals surface area contributed by atoms with Crippen LogP contribution in [0.4, 0.5) is 0 Å². The number of rotatable bonds is 6. The SMILES string of the molecule is CCC(C)CC(=O)N1CCC(OCCBr)CC1. The van der Waals surface area contributed by atoms with E-state index in [9.17, 15) is 4.79 Å². The Kier molecular flexibility index (Phi) is 7.12. The molecular weight excluding hydrogens is 282 g/mol. The molecule has 4 heteroatoms. The van der Waals surface area contributed by atoms with Crippen LogP contribution in [0.3, 0.4) is 0 Å². The van der Waals surface area contributed by atoms with E-state index in [4.69, 9.17) is 4.74 Å². The van der Waals surface area contributed by atoms with Gasteiger partial charge in [-0.2, -0.15) is 0 Å². The number of nitrogens with zero attached hydrogens (tertiary/aromatic N) is 1. The van der Waals surface area contributed by atoms with Crippen molar-refractivity contribution in [3.63, 3.8) is 0 Å². The number of halogens is 1. The lowest BCUT2D eigenvalue weighted by molar-refractivity contribution is -0.134. The van der Waals surface area contributed by atoms with Crippen molar-refractivity contribution < 1.29 is 9.53 Å². The van der Waals surface area contributed by atoms with Crippen LogP contribution < -0.4 is 0 Å². The zero-order valence-electron chi connectivity index (χ0n) is 11.0. The second kappa shape index (κ2) is 8.09. The van der Waals surface area contributed by atoms with Gasteiger partial charge in [-0.1, -0.05) is 36.2 Å². The van der Waals surface area contributed by atoms with E-state index in [2.05, 4.69) is 29.8 Å². The van der Waals surface area contributed by atoms with Gasteiger partial charge in [0.25, 0.3) is 0 Å². The Morgan fingerprint density at radius 1 is 1.47 bits per heavy atom. The van der Waals surface area contributed by atoms with Crippen molar-refractivity contribution >= 4 is 21.8 Å². The van der Waals surface area contributed by atoms with Gasteiger partial charge >= 0.3 is 0 Å². The maximum Gasteiger partial charge on any atom is 0.222 e. The molecule has 1 saturated heterocycles. The minimum absolute atomic E-state index is 0.318. The third-order valence-electron chi connectivity index (χ3n) is 3.45. The molecule has 0 aromatic rings. The van der Waals surface area contributed by atoms with E-state index in [-0.39, 0.29) is 0 Å². The first-order valence-electron chi connectivity index (χ1n) is 6.62. The van der Waals surface area contributed by atoms with Crippen molar-refractivity contribution in [2.75, 3.05) is 25.0 Å². The normalized spacial score (nSPS) is 19.4. The molecule has 0 aromatic heterocycles. The van der Waals surface area contributed by atoms with Crippen LogP contribution in [-0.4, -0.2) is 41.9 Å². The van der Waals surface area contributed by atoms with E-state index < -0.39 is 0 Å². The molecule has 1 unspecified atom stereocenters. The van der Waals surface area contributed by atoms with E-state index in [1.54, 1.807) is 0 Å². The van der Waals surface area contributed by atoms with Gasteiger partial charge in [0.2, 0.25) is 5.91 Å². The molecule has 100 valence electrons. The lowest BCUT2D eigenvalue weighted by Crippen LogP contribution is -2.41. The third kappa shape index (κ3) is 5.38. The smallest absolute Gasteiger partial charge is 0.222 e. The molecule has 17 heavy (non-hydrogen) atoms. The maximum absolute atomic E-state index is 12.0. The van der Waals surface area contributed by atoms with E-state index in [1.165, 1.54) is 0 Å². The third-order valence-corrected chi connectivity index (χ3v) is 3.77. The maximum atomic E-state index is 12.0. The summed E-state index contributed by atoms with van der Waals surface area (Å²) in [7, 11) is 0. The Morgan fingerprint density at radius 2 is 2.12 bits per heavy atom. The number of carbonyl (C=O) groups is 1. The van der Waals surface area contributed by atoms with Crippen molar-refractivity contribution in [1.82, 2.24) is 4.90 Å².